The summed E-state index contributed by atoms with van der Waals surface area (Å²) in [6, 6.07) is 1.20. The fourth-order valence-electron chi connectivity index (χ4n) is 3.29. The lowest BCUT2D eigenvalue weighted by molar-refractivity contribution is 0.0822. The van der Waals surface area contributed by atoms with Crippen LogP contribution in [-0.4, -0.2) is 30.6 Å². The van der Waals surface area contributed by atoms with E-state index in [-0.39, 0.29) is 0 Å². The lowest BCUT2D eigenvalue weighted by Gasteiger charge is -2.41. The van der Waals surface area contributed by atoms with Crippen molar-refractivity contribution in [2.45, 2.75) is 65.5 Å². The predicted octanol–water partition coefficient (Wildman–Crippen LogP) is 3.12. The molecule has 0 radical (unpaired) electrons. The monoisotopic (exact) mass is 240 g/mol. The van der Waals surface area contributed by atoms with Gasteiger partial charge in [0.25, 0.3) is 0 Å². The summed E-state index contributed by atoms with van der Waals surface area (Å²) in [5.74, 6) is 2.41. The van der Waals surface area contributed by atoms with Crippen molar-refractivity contribution in [3.05, 3.63) is 0 Å². The Labute approximate surface area is 108 Å². The van der Waals surface area contributed by atoms with Crippen molar-refractivity contribution >= 4 is 0 Å². The molecule has 0 saturated heterocycles. The highest BCUT2D eigenvalue weighted by molar-refractivity contribution is 4.85. The first-order valence-corrected chi connectivity index (χ1v) is 7.39. The second-order valence-electron chi connectivity index (χ2n) is 6.48. The van der Waals surface area contributed by atoms with Crippen LogP contribution >= 0.6 is 0 Å². The van der Waals surface area contributed by atoms with Gasteiger partial charge in [0.1, 0.15) is 0 Å². The van der Waals surface area contributed by atoms with Crippen molar-refractivity contribution < 1.29 is 0 Å². The maximum Gasteiger partial charge on any atom is 0.0246 e. The Balaban J connectivity index is 2.62. The van der Waals surface area contributed by atoms with Crippen molar-refractivity contribution in [2.24, 2.45) is 23.5 Å². The quantitative estimate of drug-likeness (QED) is 0.800. The summed E-state index contributed by atoms with van der Waals surface area (Å²) in [4.78, 5) is 2.54. The minimum absolute atomic E-state index is 0.579. The molecule has 0 aromatic carbocycles. The topological polar surface area (TPSA) is 29.3 Å². The largest absolute Gasteiger partial charge is 0.329 e. The zero-order chi connectivity index (χ0) is 13.0. The molecular formula is C15H32N2. The molecule has 102 valence electrons. The molecule has 4 atom stereocenters. The Hall–Kier alpha value is -0.0800. The van der Waals surface area contributed by atoms with E-state index in [1.807, 2.05) is 0 Å². The smallest absolute Gasteiger partial charge is 0.0246 e. The molecule has 1 fully saturated rings. The highest BCUT2D eigenvalue weighted by atomic mass is 15.2. The molecule has 1 aliphatic rings. The first-order chi connectivity index (χ1) is 7.97. The average Bonchev–Trinajstić information content (AvgIpc) is 2.28. The molecule has 1 saturated carbocycles. The van der Waals surface area contributed by atoms with Gasteiger partial charge < -0.3 is 5.73 Å². The van der Waals surface area contributed by atoms with Gasteiger partial charge in [-0.05, 0) is 44.6 Å². The molecule has 17 heavy (non-hydrogen) atoms. The van der Waals surface area contributed by atoms with Gasteiger partial charge in [0.2, 0.25) is 0 Å². The van der Waals surface area contributed by atoms with E-state index >= 15 is 0 Å². The SMILES string of the molecule is CC1CCCC(C(CN)N(C)C(C)C(C)C)C1. The Morgan fingerprint density at radius 1 is 1.24 bits per heavy atom. The van der Waals surface area contributed by atoms with Crippen LogP contribution in [0.15, 0.2) is 0 Å². The maximum absolute atomic E-state index is 6.05. The van der Waals surface area contributed by atoms with E-state index in [9.17, 15) is 0 Å². The normalized spacial score (nSPS) is 29.6. The summed E-state index contributed by atoms with van der Waals surface area (Å²) in [6.07, 6.45) is 5.56. The van der Waals surface area contributed by atoms with Crippen LogP contribution in [0.2, 0.25) is 0 Å². The molecule has 2 nitrogen and oxygen atoms in total. The third kappa shape index (κ3) is 3.96. The minimum atomic E-state index is 0.579. The van der Waals surface area contributed by atoms with E-state index in [0.717, 1.165) is 18.4 Å². The van der Waals surface area contributed by atoms with E-state index < -0.39 is 0 Å². The molecule has 0 spiro atoms. The summed E-state index contributed by atoms with van der Waals surface area (Å²) in [5.41, 5.74) is 6.05. The molecule has 0 amide bonds. The van der Waals surface area contributed by atoms with Gasteiger partial charge >= 0.3 is 0 Å². The molecule has 0 aliphatic heterocycles. The van der Waals surface area contributed by atoms with E-state index in [4.69, 9.17) is 5.73 Å². The van der Waals surface area contributed by atoms with Gasteiger partial charge in [0.15, 0.2) is 0 Å². The number of rotatable bonds is 5. The third-order valence-electron chi connectivity index (χ3n) is 4.89. The van der Waals surface area contributed by atoms with Gasteiger partial charge in [0, 0.05) is 18.6 Å². The zero-order valence-electron chi connectivity index (χ0n) is 12.4. The number of hydrogen-bond acceptors (Lipinski definition) is 2. The van der Waals surface area contributed by atoms with Gasteiger partial charge in [-0.15, -0.1) is 0 Å². The van der Waals surface area contributed by atoms with Crippen LogP contribution in [0.4, 0.5) is 0 Å². The van der Waals surface area contributed by atoms with Gasteiger partial charge in [-0.1, -0.05) is 33.6 Å². The number of nitrogens with zero attached hydrogens (tertiary/aromatic N) is 1. The summed E-state index contributed by atoms with van der Waals surface area (Å²) in [6.45, 7) is 10.1. The first kappa shape index (κ1) is 15.0. The molecular weight excluding hydrogens is 208 g/mol. The van der Waals surface area contributed by atoms with Crippen LogP contribution in [-0.2, 0) is 0 Å². The third-order valence-corrected chi connectivity index (χ3v) is 4.89. The highest BCUT2D eigenvalue weighted by Gasteiger charge is 2.30. The van der Waals surface area contributed by atoms with Crippen LogP contribution in [0.25, 0.3) is 0 Å². The van der Waals surface area contributed by atoms with Crippen molar-refractivity contribution in [3.8, 4) is 0 Å². The zero-order valence-corrected chi connectivity index (χ0v) is 12.4. The van der Waals surface area contributed by atoms with E-state index in [1.54, 1.807) is 0 Å². The molecule has 0 aromatic heterocycles. The Morgan fingerprint density at radius 2 is 1.88 bits per heavy atom. The van der Waals surface area contributed by atoms with E-state index in [1.165, 1.54) is 25.7 Å². The van der Waals surface area contributed by atoms with Crippen LogP contribution in [0.5, 0.6) is 0 Å². The molecule has 0 aromatic rings. The lowest BCUT2D eigenvalue weighted by atomic mass is 9.77. The van der Waals surface area contributed by atoms with Crippen molar-refractivity contribution in [3.63, 3.8) is 0 Å². The van der Waals surface area contributed by atoms with E-state index in [0.29, 0.717) is 18.0 Å². The van der Waals surface area contributed by atoms with Crippen molar-refractivity contribution in [1.29, 1.82) is 0 Å². The second-order valence-corrected chi connectivity index (χ2v) is 6.48. The summed E-state index contributed by atoms with van der Waals surface area (Å²) in [5, 5.41) is 0. The lowest BCUT2D eigenvalue weighted by Crippen LogP contribution is -2.49. The molecule has 2 N–H and O–H groups in total. The van der Waals surface area contributed by atoms with Crippen LogP contribution in [0.1, 0.15) is 53.4 Å². The van der Waals surface area contributed by atoms with Gasteiger partial charge in [-0.25, -0.2) is 0 Å². The average molecular weight is 240 g/mol. The standard InChI is InChI=1S/C15H32N2/c1-11(2)13(4)17(5)15(10-16)14-8-6-7-12(3)9-14/h11-15H,6-10,16H2,1-5H3. The van der Waals surface area contributed by atoms with Crippen molar-refractivity contribution in [2.75, 3.05) is 13.6 Å². The molecule has 1 aliphatic carbocycles. The van der Waals surface area contributed by atoms with E-state index in [2.05, 4.69) is 39.6 Å². The fraction of sp³-hybridized carbons (Fsp3) is 1.00. The van der Waals surface area contributed by atoms with Gasteiger partial charge in [0.05, 0.1) is 0 Å². The number of likely N-dealkylation sites (N-methyl/N-ethyl adjacent to an activating group) is 1. The maximum atomic E-state index is 6.05. The van der Waals surface area contributed by atoms with Gasteiger partial charge in [-0.3, -0.25) is 4.90 Å². The van der Waals surface area contributed by atoms with Gasteiger partial charge in [-0.2, -0.15) is 0 Å². The van der Waals surface area contributed by atoms with Crippen LogP contribution < -0.4 is 5.73 Å². The summed E-state index contributed by atoms with van der Waals surface area (Å²) < 4.78 is 0. The van der Waals surface area contributed by atoms with Crippen LogP contribution in [0.3, 0.4) is 0 Å². The molecule has 1 rings (SSSR count). The molecule has 0 bridgehead atoms. The second kappa shape index (κ2) is 6.75. The Kier molecular flexibility index (Phi) is 5.94. The Bertz CT molecular complexity index is 213. The van der Waals surface area contributed by atoms with Crippen LogP contribution in [0, 0.1) is 17.8 Å². The number of hydrogen-bond donors (Lipinski definition) is 1. The first-order valence-electron chi connectivity index (χ1n) is 7.39. The molecule has 2 heteroatoms. The predicted molar refractivity (Wildman–Crippen MR) is 76.0 cm³/mol. The fourth-order valence-corrected chi connectivity index (χ4v) is 3.29. The van der Waals surface area contributed by atoms with Crippen molar-refractivity contribution in [1.82, 2.24) is 4.90 Å². The summed E-state index contributed by atoms with van der Waals surface area (Å²) >= 11 is 0. The summed E-state index contributed by atoms with van der Waals surface area (Å²) in [7, 11) is 2.27. The highest BCUT2D eigenvalue weighted by Crippen LogP contribution is 2.33. The number of nitrogens with two attached hydrogens (primary N) is 1. The Morgan fingerprint density at radius 3 is 2.35 bits per heavy atom. The molecule has 0 heterocycles. The minimum Gasteiger partial charge on any atom is -0.329 e. The molecule has 4 unspecified atom stereocenters.